The van der Waals surface area contributed by atoms with Crippen molar-refractivity contribution in [3.8, 4) is 11.1 Å². The van der Waals surface area contributed by atoms with Crippen LogP contribution in [0.15, 0.2) is 134 Å². The molecule has 6 aromatic rings. The van der Waals surface area contributed by atoms with Crippen molar-refractivity contribution in [2.24, 2.45) is 0 Å². The van der Waals surface area contributed by atoms with Gasteiger partial charge in [0, 0.05) is 32.1 Å². The predicted octanol–water partition coefficient (Wildman–Crippen LogP) is 6.94. The number of fused-ring (bicyclic) bond motifs is 1. The lowest BCUT2D eigenvalue weighted by Crippen LogP contribution is -2.41. The van der Waals surface area contributed by atoms with Crippen molar-refractivity contribution in [1.29, 1.82) is 0 Å². The second-order valence-corrected chi connectivity index (χ2v) is 13.6. The zero-order valence-electron chi connectivity index (χ0n) is 29.4. The van der Waals surface area contributed by atoms with Crippen LogP contribution >= 0.6 is 0 Å². The number of aromatic nitrogens is 3. The van der Waals surface area contributed by atoms with E-state index < -0.39 is 23.6 Å². The van der Waals surface area contributed by atoms with Crippen LogP contribution in [-0.2, 0) is 34.6 Å². The Bertz CT molecular complexity index is 2150. The van der Waals surface area contributed by atoms with Gasteiger partial charge < -0.3 is 10.1 Å². The Kier molecular flexibility index (Phi) is 9.28. The van der Waals surface area contributed by atoms with Crippen molar-refractivity contribution in [3.05, 3.63) is 173 Å². The molecule has 1 aromatic heterocycles. The third-order valence-corrected chi connectivity index (χ3v) is 10.2. The number of ether oxygens (including phenoxy) is 1. The summed E-state index contributed by atoms with van der Waals surface area (Å²) >= 11 is 0. The van der Waals surface area contributed by atoms with E-state index in [4.69, 9.17) is 9.95 Å². The van der Waals surface area contributed by atoms with Crippen molar-refractivity contribution in [2.75, 3.05) is 24.5 Å². The molecule has 10 heteroatoms. The highest BCUT2D eigenvalue weighted by Gasteiger charge is 2.41. The van der Waals surface area contributed by atoms with Crippen LogP contribution in [0.2, 0.25) is 0 Å². The van der Waals surface area contributed by atoms with Gasteiger partial charge in [0.25, 0.3) is 0 Å². The zero-order chi connectivity index (χ0) is 36.4. The number of hydrogen-bond acceptors (Lipinski definition) is 6. The van der Waals surface area contributed by atoms with Crippen LogP contribution in [0.25, 0.3) is 11.1 Å². The molecule has 9 nitrogen and oxygen atoms in total. The van der Waals surface area contributed by atoms with E-state index in [2.05, 4.69) is 105 Å². The number of amides is 2. The average Bonchev–Trinajstić information content (AvgIpc) is 3.81. The summed E-state index contributed by atoms with van der Waals surface area (Å²) in [6.45, 7) is 4.03. The molecular weight excluding hydrogens is 668 g/mol. The molecule has 0 unspecified atom stereocenters. The second-order valence-electron chi connectivity index (χ2n) is 13.6. The lowest BCUT2D eigenvalue weighted by Gasteiger charge is -2.38. The van der Waals surface area contributed by atoms with Crippen LogP contribution in [0.1, 0.15) is 40.4 Å². The minimum atomic E-state index is -0.749. The maximum Gasteiger partial charge on any atom is 0.414 e. The molecule has 1 saturated heterocycles. The normalized spacial score (nSPS) is 15.9. The average molecular weight is 707 g/mol. The highest BCUT2D eigenvalue weighted by Crippen LogP contribution is 2.41. The molecule has 266 valence electrons. The lowest BCUT2D eigenvalue weighted by molar-refractivity contribution is -0.119. The first-order valence-corrected chi connectivity index (χ1v) is 17.8. The molecule has 1 N–H and O–H groups in total. The maximum absolute atomic E-state index is 15.6. The number of rotatable bonds is 10. The SMILES string of the molecule is CC(=O)NC[C@H]1CN(c2ccc(-c3ccc4c(c3)CCN(Cc3cnnn3C(c3ccccc3)(c3ccccc3)c3ccccc3)C4)c(F)c2)C(=O)O1. The van der Waals surface area contributed by atoms with E-state index in [9.17, 15) is 9.59 Å². The zero-order valence-corrected chi connectivity index (χ0v) is 29.4. The minimum absolute atomic E-state index is 0.204. The number of nitrogens with zero attached hydrogens (tertiary/aromatic N) is 5. The summed E-state index contributed by atoms with van der Waals surface area (Å²) in [6, 6.07) is 42.4. The first-order chi connectivity index (χ1) is 25.9. The third kappa shape index (κ3) is 6.58. The van der Waals surface area contributed by atoms with E-state index in [0.29, 0.717) is 17.8 Å². The molecule has 0 radical (unpaired) electrons. The summed E-state index contributed by atoms with van der Waals surface area (Å²) in [4.78, 5) is 27.6. The number of hydrogen-bond donors (Lipinski definition) is 1. The highest BCUT2D eigenvalue weighted by atomic mass is 19.1. The number of nitrogens with one attached hydrogen (secondary N) is 1. The van der Waals surface area contributed by atoms with Gasteiger partial charge in [-0.05, 0) is 58.0 Å². The van der Waals surface area contributed by atoms with E-state index in [1.807, 2.05) is 30.5 Å². The molecular formula is C43H39FN6O3. The van der Waals surface area contributed by atoms with Gasteiger partial charge in [-0.3, -0.25) is 14.6 Å². The van der Waals surface area contributed by atoms with Crippen LogP contribution in [-0.4, -0.2) is 57.6 Å². The molecule has 53 heavy (non-hydrogen) atoms. The Morgan fingerprint density at radius 3 is 2.15 bits per heavy atom. The largest absolute Gasteiger partial charge is 0.442 e. The quantitative estimate of drug-likeness (QED) is 0.155. The van der Waals surface area contributed by atoms with Crippen LogP contribution in [0.5, 0.6) is 0 Å². The fourth-order valence-electron chi connectivity index (χ4n) is 7.70. The van der Waals surface area contributed by atoms with Crippen LogP contribution < -0.4 is 10.2 Å². The van der Waals surface area contributed by atoms with Crippen molar-refractivity contribution in [2.45, 2.75) is 38.1 Å². The summed E-state index contributed by atoms with van der Waals surface area (Å²) in [6.07, 6.45) is 1.63. The number of halogens is 1. The summed E-state index contributed by atoms with van der Waals surface area (Å²) in [5.74, 6) is -0.623. The summed E-state index contributed by atoms with van der Waals surface area (Å²) < 4.78 is 23.1. The molecule has 0 aliphatic carbocycles. The lowest BCUT2D eigenvalue weighted by atomic mass is 9.77. The Hall–Kier alpha value is -6.13. The Morgan fingerprint density at radius 2 is 1.53 bits per heavy atom. The summed E-state index contributed by atoms with van der Waals surface area (Å²) in [7, 11) is 0. The van der Waals surface area contributed by atoms with Gasteiger partial charge in [-0.15, -0.1) is 5.10 Å². The van der Waals surface area contributed by atoms with Gasteiger partial charge in [0.2, 0.25) is 5.91 Å². The first kappa shape index (κ1) is 34.0. The smallest absolute Gasteiger partial charge is 0.414 e. The van der Waals surface area contributed by atoms with Gasteiger partial charge in [-0.1, -0.05) is 114 Å². The van der Waals surface area contributed by atoms with E-state index in [-0.39, 0.29) is 19.0 Å². The summed E-state index contributed by atoms with van der Waals surface area (Å²) in [5.41, 5.74) is 7.57. The molecule has 2 aliphatic heterocycles. The Labute approximate surface area is 307 Å². The molecule has 1 fully saturated rings. The molecule has 0 bridgehead atoms. The molecule has 2 amide bonds. The number of carbonyl (C=O) groups excluding carboxylic acids is 2. The van der Waals surface area contributed by atoms with Gasteiger partial charge in [-0.25, -0.2) is 13.9 Å². The standard InChI is InChI=1S/C43H39FN6O3/c1-30(51)45-26-39-29-49(42(52)53-39)37-19-20-40(41(44)24-37)32-17-18-33-27-48(22-21-31(33)23-32)28-38-25-46-47-50(38)43(34-11-5-2-6-12-34,35-13-7-3-8-14-35)36-15-9-4-10-16-36/h2-20,23-25,39H,21-22,26-29H2,1H3,(H,45,51)/t39-/m0/s1. The molecule has 0 spiro atoms. The summed E-state index contributed by atoms with van der Waals surface area (Å²) in [5, 5.41) is 11.9. The molecule has 0 saturated carbocycles. The first-order valence-electron chi connectivity index (χ1n) is 17.8. The monoisotopic (exact) mass is 706 g/mol. The minimum Gasteiger partial charge on any atom is -0.442 e. The highest BCUT2D eigenvalue weighted by molar-refractivity contribution is 5.90. The number of carbonyl (C=O) groups is 2. The van der Waals surface area contributed by atoms with Crippen LogP contribution in [0, 0.1) is 5.82 Å². The van der Waals surface area contributed by atoms with Crippen molar-refractivity contribution < 1.29 is 18.7 Å². The van der Waals surface area contributed by atoms with Gasteiger partial charge in [0.15, 0.2) is 0 Å². The second kappa shape index (κ2) is 14.5. The molecule has 8 rings (SSSR count). The van der Waals surface area contributed by atoms with Gasteiger partial charge >= 0.3 is 6.09 Å². The van der Waals surface area contributed by atoms with Gasteiger partial charge in [-0.2, -0.15) is 0 Å². The Morgan fingerprint density at radius 1 is 0.868 bits per heavy atom. The van der Waals surface area contributed by atoms with E-state index in [1.54, 1.807) is 12.1 Å². The third-order valence-electron chi connectivity index (χ3n) is 10.2. The fourth-order valence-corrected chi connectivity index (χ4v) is 7.70. The van der Waals surface area contributed by atoms with Gasteiger partial charge in [0.1, 0.15) is 17.5 Å². The van der Waals surface area contributed by atoms with Crippen molar-refractivity contribution in [1.82, 2.24) is 25.2 Å². The number of benzene rings is 5. The molecule has 5 aromatic carbocycles. The molecule has 1 atom stereocenters. The molecule has 2 aliphatic rings. The maximum atomic E-state index is 15.6. The van der Waals surface area contributed by atoms with E-state index in [1.165, 1.54) is 29.0 Å². The van der Waals surface area contributed by atoms with Crippen molar-refractivity contribution in [3.63, 3.8) is 0 Å². The van der Waals surface area contributed by atoms with Crippen LogP contribution in [0.3, 0.4) is 0 Å². The van der Waals surface area contributed by atoms with Crippen molar-refractivity contribution >= 4 is 17.7 Å². The fraction of sp³-hybridized carbons (Fsp3) is 0.209. The predicted molar refractivity (Wildman–Crippen MR) is 201 cm³/mol. The topological polar surface area (TPSA) is 92.6 Å². The number of anilines is 1. The van der Waals surface area contributed by atoms with E-state index in [0.717, 1.165) is 47.5 Å². The van der Waals surface area contributed by atoms with Crippen LogP contribution in [0.4, 0.5) is 14.9 Å². The molecule has 3 heterocycles. The Balaban J connectivity index is 1.04. The van der Waals surface area contributed by atoms with Gasteiger partial charge in [0.05, 0.1) is 30.7 Å². The number of cyclic esters (lactones) is 1. The van der Waals surface area contributed by atoms with E-state index >= 15 is 4.39 Å².